The third-order valence-electron chi connectivity index (χ3n) is 4.42. The average Bonchev–Trinajstić information content (AvgIpc) is 2.80. The first-order chi connectivity index (χ1) is 11.4. The number of hydrogen-bond acceptors (Lipinski definition) is 2. The number of benzene rings is 2. The highest BCUT2D eigenvalue weighted by molar-refractivity contribution is 7.80. The van der Waals surface area contributed by atoms with Crippen LogP contribution in [0.15, 0.2) is 42.1 Å². The lowest BCUT2D eigenvalue weighted by Crippen LogP contribution is -2.31. The van der Waals surface area contributed by atoms with Gasteiger partial charge in [-0.25, -0.2) is 0 Å². The zero-order chi connectivity index (χ0) is 17.4. The van der Waals surface area contributed by atoms with E-state index in [9.17, 15) is 4.79 Å². The van der Waals surface area contributed by atoms with Crippen LogP contribution in [0.5, 0.6) is 0 Å². The highest BCUT2D eigenvalue weighted by Crippen LogP contribution is 2.28. The summed E-state index contributed by atoms with van der Waals surface area (Å²) >= 11 is 5.40. The summed E-state index contributed by atoms with van der Waals surface area (Å²) in [6.07, 6.45) is 1.87. The molecule has 1 aliphatic heterocycles. The predicted molar refractivity (Wildman–Crippen MR) is 103 cm³/mol. The number of thiocarbonyl (C=S) groups is 1. The van der Waals surface area contributed by atoms with E-state index in [2.05, 4.69) is 18.3 Å². The standard InChI is InChI=1S/C20H20N2OS/c1-12-8-9-16(14(3)10-12)11-17-19(23)22(20(24)21-17)18-7-5-6-13(2)15(18)4/h5-11H,1-4H3,(H,21,24)/b17-11-. The molecule has 0 saturated carbocycles. The molecule has 0 atom stereocenters. The second kappa shape index (κ2) is 6.21. The van der Waals surface area contributed by atoms with E-state index in [-0.39, 0.29) is 5.91 Å². The summed E-state index contributed by atoms with van der Waals surface area (Å²) in [7, 11) is 0. The number of amides is 1. The van der Waals surface area contributed by atoms with Crippen molar-refractivity contribution >= 4 is 35.0 Å². The van der Waals surface area contributed by atoms with Crippen LogP contribution in [0.1, 0.15) is 27.8 Å². The quantitative estimate of drug-likeness (QED) is 0.659. The van der Waals surface area contributed by atoms with E-state index in [1.165, 1.54) is 5.56 Å². The maximum atomic E-state index is 12.9. The van der Waals surface area contributed by atoms with E-state index < -0.39 is 0 Å². The van der Waals surface area contributed by atoms with Gasteiger partial charge in [-0.1, -0.05) is 35.9 Å². The van der Waals surface area contributed by atoms with Crippen molar-refractivity contribution in [2.75, 3.05) is 4.90 Å². The average molecular weight is 336 g/mol. The maximum Gasteiger partial charge on any atom is 0.281 e. The van der Waals surface area contributed by atoms with Crippen LogP contribution in [-0.4, -0.2) is 11.0 Å². The van der Waals surface area contributed by atoms with Gasteiger partial charge in [-0.05, 0) is 74.3 Å². The minimum absolute atomic E-state index is 0.117. The van der Waals surface area contributed by atoms with Crippen molar-refractivity contribution in [3.05, 3.63) is 69.9 Å². The summed E-state index contributed by atoms with van der Waals surface area (Å²) in [5.41, 5.74) is 6.88. The van der Waals surface area contributed by atoms with Crippen LogP contribution in [0.2, 0.25) is 0 Å². The third-order valence-corrected chi connectivity index (χ3v) is 4.70. The van der Waals surface area contributed by atoms with Crippen LogP contribution in [0.3, 0.4) is 0 Å². The predicted octanol–water partition coefficient (Wildman–Crippen LogP) is 4.18. The molecule has 2 aromatic carbocycles. The van der Waals surface area contributed by atoms with Crippen molar-refractivity contribution < 1.29 is 4.79 Å². The summed E-state index contributed by atoms with van der Waals surface area (Å²) in [6.45, 7) is 8.13. The van der Waals surface area contributed by atoms with Gasteiger partial charge in [0.15, 0.2) is 5.11 Å². The van der Waals surface area contributed by atoms with Crippen molar-refractivity contribution in [3.63, 3.8) is 0 Å². The van der Waals surface area contributed by atoms with Crippen LogP contribution in [0, 0.1) is 27.7 Å². The molecule has 0 radical (unpaired) electrons. The largest absolute Gasteiger partial charge is 0.327 e. The number of hydrogen-bond donors (Lipinski definition) is 1. The fourth-order valence-electron chi connectivity index (χ4n) is 2.87. The Kier molecular flexibility index (Phi) is 4.24. The van der Waals surface area contributed by atoms with E-state index in [1.54, 1.807) is 4.90 Å². The Balaban J connectivity index is 2.00. The van der Waals surface area contributed by atoms with Gasteiger partial charge in [-0.3, -0.25) is 9.69 Å². The van der Waals surface area contributed by atoms with E-state index in [4.69, 9.17) is 12.2 Å². The first kappa shape index (κ1) is 16.4. The number of nitrogens with zero attached hydrogens (tertiary/aromatic N) is 1. The molecule has 0 spiro atoms. The number of rotatable bonds is 2. The lowest BCUT2D eigenvalue weighted by molar-refractivity contribution is -0.113. The van der Waals surface area contributed by atoms with E-state index in [0.717, 1.165) is 27.9 Å². The summed E-state index contributed by atoms with van der Waals surface area (Å²) in [6, 6.07) is 12.1. The third kappa shape index (κ3) is 2.85. The molecule has 3 nitrogen and oxygen atoms in total. The molecule has 1 saturated heterocycles. The fourth-order valence-corrected chi connectivity index (χ4v) is 3.17. The molecule has 4 heteroatoms. The van der Waals surface area contributed by atoms with Crippen LogP contribution >= 0.6 is 12.2 Å². The highest BCUT2D eigenvalue weighted by atomic mass is 32.1. The molecule has 0 unspecified atom stereocenters. The Labute approximate surface area is 148 Å². The minimum Gasteiger partial charge on any atom is -0.327 e. The Morgan fingerprint density at radius 2 is 1.79 bits per heavy atom. The van der Waals surface area contributed by atoms with Gasteiger partial charge in [-0.15, -0.1) is 0 Å². The smallest absolute Gasteiger partial charge is 0.281 e. The first-order valence-electron chi connectivity index (χ1n) is 7.89. The summed E-state index contributed by atoms with van der Waals surface area (Å²) in [5.74, 6) is -0.117. The van der Waals surface area contributed by atoms with Crippen molar-refractivity contribution in [2.45, 2.75) is 27.7 Å². The van der Waals surface area contributed by atoms with Crippen molar-refractivity contribution in [3.8, 4) is 0 Å². The normalized spacial score (nSPS) is 16.0. The summed E-state index contributed by atoms with van der Waals surface area (Å²) in [5, 5.41) is 3.48. The van der Waals surface area contributed by atoms with Gasteiger partial charge >= 0.3 is 0 Å². The van der Waals surface area contributed by atoms with Crippen LogP contribution in [0.4, 0.5) is 5.69 Å². The lowest BCUT2D eigenvalue weighted by atomic mass is 10.0. The topological polar surface area (TPSA) is 32.3 Å². The molecule has 0 aromatic heterocycles. The molecule has 2 aromatic rings. The molecule has 1 fully saturated rings. The Bertz CT molecular complexity index is 883. The van der Waals surface area contributed by atoms with E-state index >= 15 is 0 Å². The van der Waals surface area contributed by atoms with Crippen LogP contribution in [-0.2, 0) is 4.79 Å². The highest BCUT2D eigenvalue weighted by Gasteiger charge is 2.33. The second-order valence-electron chi connectivity index (χ2n) is 6.21. The Morgan fingerprint density at radius 3 is 2.50 bits per heavy atom. The maximum absolute atomic E-state index is 12.9. The van der Waals surface area contributed by atoms with Crippen molar-refractivity contribution in [1.82, 2.24) is 5.32 Å². The van der Waals surface area contributed by atoms with Gasteiger partial charge in [0.1, 0.15) is 5.70 Å². The number of anilines is 1. The molecule has 122 valence electrons. The van der Waals surface area contributed by atoms with Crippen LogP contribution in [0.25, 0.3) is 6.08 Å². The van der Waals surface area contributed by atoms with E-state index in [0.29, 0.717) is 10.8 Å². The molecule has 1 heterocycles. The number of carbonyl (C=O) groups is 1. The number of aryl methyl sites for hydroxylation is 3. The summed E-state index contributed by atoms with van der Waals surface area (Å²) < 4.78 is 0. The Morgan fingerprint density at radius 1 is 1.04 bits per heavy atom. The van der Waals surface area contributed by atoms with Crippen molar-refractivity contribution in [2.24, 2.45) is 0 Å². The molecular formula is C20H20N2OS. The molecule has 1 aliphatic rings. The monoisotopic (exact) mass is 336 g/mol. The summed E-state index contributed by atoms with van der Waals surface area (Å²) in [4.78, 5) is 14.4. The SMILES string of the molecule is Cc1ccc(/C=C2\NC(=S)N(c3cccc(C)c3C)C2=O)c(C)c1. The molecule has 3 rings (SSSR count). The van der Waals surface area contributed by atoms with Gasteiger partial charge < -0.3 is 5.32 Å². The molecule has 0 bridgehead atoms. The number of nitrogens with one attached hydrogen (secondary N) is 1. The Hall–Kier alpha value is -2.46. The molecule has 0 aliphatic carbocycles. The van der Waals surface area contributed by atoms with Crippen LogP contribution < -0.4 is 10.2 Å². The first-order valence-corrected chi connectivity index (χ1v) is 8.30. The minimum atomic E-state index is -0.117. The zero-order valence-corrected chi connectivity index (χ0v) is 15.1. The van der Waals surface area contributed by atoms with Gasteiger partial charge in [0.2, 0.25) is 0 Å². The van der Waals surface area contributed by atoms with Gasteiger partial charge in [0, 0.05) is 0 Å². The molecule has 1 amide bonds. The second-order valence-corrected chi connectivity index (χ2v) is 6.59. The zero-order valence-electron chi connectivity index (χ0n) is 14.3. The van der Waals surface area contributed by atoms with Gasteiger partial charge in [-0.2, -0.15) is 0 Å². The van der Waals surface area contributed by atoms with Gasteiger partial charge in [0.05, 0.1) is 5.69 Å². The van der Waals surface area contributed by atoms with Crippen molar-refractivity contribution in [1.29, 1.82) is 0 Å². The lowest BCUT2D eigenvalue weighted by Gasteiger charge is -2.18. The van der Waals surface area contributed by atoms with Gasteiger partial charge in [0.25, 0.3) is 5.91 Å². The molecular weight excluding hydrogens is 316 g/mol. The number of carbonyl (C=O) groups excluding carboxylic acids is 1. The molecule has 24 heavy (non-hydrogen) atoms. The van der Waals surface area contributed by atoms with E-state index in [1.807, 2.05) is 57.2 Å². The fraction of sp³-hybridized carbons (Fsp3) is 0.200. The molecule has 1 N–H and O–H groups in total.